The van der Waals surface area contributed by atoms with Gasteiger partial charge in [-0.25, -0.2) is 4.39 Å². The summed E-state index contributed by atoms with van der Waals surface area (Å²) in [4.78, 5) is 0. The molecule has 0 N–H and O–H groups in total. The fourth-order valence-electron chi connectivity index (χ4n) is 3.53. The zero-order valence-electron chi connectivity index (χ0n) is 12.1. The van der Waals surface area contributed by atoms with Gasteiger partial charge in [0.15, 0.2) is 0 Å². The number of hydrogen-bond acceptors (Lipinski definition) is 0. The summed E-state index contributed by atoms with van der Waals surface area (Å²) in [7, 11) is 0. The Morgan fingerprint density at radius 1 is 0.762 bits per heavy atom. The van der Waals surface area contributed by atoms with Crippen molar-refractivity contribution < 1.29 is 4.39 Å². The zero-order valence-corrected chi connectivity index (χ0v) is 12.1. The van der Waals surface area contributed by atoms with Gasteiger partial charge in [0.1, 0.15) is 5.82 Å². The second-order valence-electron chi connectivity index (χ2n) is 6.47. The molecular formula is C20H19F. The number of halogens is 1. The van der Waals surface area contributed by atoms with Gasteiger partial charge in [0.2, 0.25) is 0 Å². The molecule has 0 atom stereocenters. The Bertz CT molecular complexity index is 648. The van der Waals surface area contributed by atoms with Gasteiger partial charge in [0, 0.05) is 5.41 Å². The minimum atomic E-state index is -0.180. The number of rotatable bonds is 2. The maximum atomic E-state index is 13.0. The summed E-state index contributed by atoms with van der Waals surface area (Å²) >= 11 is 0. The fourth-order valence-corrected chi connectivity index (χ4v) is 3.53. The van der Waals surface area contributed by atoms with Crippen LogP contribution in [0.25, 0.3) is 11.1 Å². The van der Waals surface area contributed by atoms with Crippen LogP contribution in [0.5, 0.6) is 0 Å². The van der Waals surface area contributed by atoms with Crippen LogP contribution in [0.3, 0.4) is 0 Å². The molecule has 0 aliphatic heterocycles. The molecule has 4 rings (SSSR count). The molecule has 0 nitrogen and oxygen atoms in total. The molecule has 1 saturated carbocycles. The molecule has 0 heterocycles. The highest BCUT2D eigenvalue weighted by Gasteiger charge is 2.38. The van der Waals surface area contributed by atoms with Gasteiger partial charge in [-0.15, -0.1) is 0 Å². The molecule has 0 amide bonds. The van der Waals surface area contributed by atoms with Gasteiger partial charge in [-0.05, 0) is 60.4 Å². The van der Waals surface area contributed by atoms with E-state index in [4.69, 9.17) is 0 Å². The van der Waals surface area contributed by atoms with Crippen molar-refractivity contribution in [2.24, 2.45) is 5.41 Å². The molecule has 2 aromatic rings. The Balaban J connectivity index is 1.49. The van der Waals surface area contributed by atoms with Crippen LogP contribution in [0.15, 0.2) is 60.7 Å². The molecule has 0 saturated heterocycles. The van der Waals surface area contributed by atoms with Crippen LogP contribution in [-0.2, 0) is 0 Å². The van der Waals surface area contributed by atoms with Crippen molar-refractivity contribution in [3.63, 3.8) is 0 Å². The lowest BCUT2D eigenvalue weighted by Crippen LogP contribution is -2.14. The third kappa shape index (κ3) is 2.53. The Morgan fingerprint density at radius 2 is 1.29 bits per heavy atom. The van der Waals surface area contributed by atoms with E-state index < -0.39 is 0 Å². The molecule has 2 aliphatic rings. The standard InChI is InChI=1S/C20H19F/c21-19-7-5-17(6-8-19)15-1-3-16(4-2-15)18-9-11-20(12-10-18)13-14-20/h1-8,13-14,18H,9-12H2. The van der Waals surface area contributed by atoms with E-state index in [9.17, 15) is 4.39 Å². The van der Waals surface area contributed by atoms with Gasteiger partial charge in [0.25, 0.3) is 0 Å². The van der Waals surface area contributed by atoms with E-state index >= 15 is 0 Å². The number of allylic oxidation sites excluding steroid dienone is 2. The summed E-state index contributed by atoms with van der Waals surface area (Å²) in [6.07, 6.45) is 9.97. The molecule has 0 radical (unpaired) electrons. The maximum Gasteiger partial charge on any atom is 0.123 e. The van der Waals surface area contributed by atoms with Crippen LogP contribution in [0.4, 0.5) is 4.39 Å². The minimum Gasteiger partial charge on any atom is -0.207 e. The van der Waals surface area contributed by atoms with E-state index in [-0.39, 0.29) is 5.82 Å². The summed E-state index contributed by atoms with van der Waals surface area (Å²) in [5.74, 6) is 0.528. The van der Waals surface area contributed by atoms with Crippen molar-refractivity contribution in [2.45, 2.75) is 31.6 Å². The molecule has 0 aromatic heterocycles. The van der Waals surface area contributed by atoms with Gasteiger partial charge in [-0.2, -0.15) is 0 Å². The lowest BCUT2D eigenvalue weighted by atomic mass is 9.75. The van der Waals surface area contributed by atoms with Crippen molar-refractivity contribution in [1.82, 2.24) is 0 Å². The first-order valence-corrected chi connectivity index (χ1v) is 7.80. The van der Waals surface area contributed by atoms with Crippen molar-refractivity contribution in [1.29, 1.82) is 0 Å². The largest absolute Gasteiger partial charge is 0.207 e. The van der Waals surface area contributed by atoms with Gasteiger partial charge < -0.3 is 0 Å². The lowest BCUT2D eigenvalue weighted by molar-refractivity contribution is 0.335. The third-order valence-electron chi connectivity index (χ3n) is 5.11. The number of benzene rings is 2. The van der Waals surface area contributed by atoms with E-state index in [1.165, 1.54) is 43.4 Å². The lowest BCUT2D eigenvalue weighted by Gasteiger charge is -2.29. The Labute approximate surface area is 125 Å². The molecule has 21 heavy (non-hydrogen) atoms. The van der Waals surface area contributed by atoms with Crippen LogP contribution in [0.1, 0.15) is 37.2 Å². The van der Waals surface area contributed by atoms with Gasteiger partial charge >= 0.3 is 0 Å². The summed E-state index contributed by atoms with van der Waals surface area (Å²) in [5.41, 5.74) is 4.21. The van der Waals surface area contributed by atoms with E-state index in [0.717, 1.165) is 11.1 Å². The molecule has 0 unspecified atom stereocenters. The second-order valence-corrected chi connectivity index (χ2v) is 6.47. The van der Waals surface area contributed by atoms with E-state index in [1.807, 2.05) is 12.1 Å². The van der Waals surface area contributed by atoms with Gasteiger partial charge in [-0.1, -0.05) is 48.6 Å². The van der Waals surface area contributed by atoms with Gasteiger partial charge in [0.05, 0.1) is 0 Å². The van der Waals surface area contributed by atoms with Crippen molar-refractivity contribution in [3.05, 3.63) is 72.1 Å². The van der Waals surface area contributed by atoms with Crippen LogP contribution in [0.2, 0.25) is 0 Å². The molecule has 1 fully saturated rings. The number of hydrogen-bond donors (Lipinski definition) is 0. The SMILES string of the molecule is Fc1ccc(-c2ccc(C3CCC4(C=C4)CC3)cc2)cc1. The molecule has 1 heteroatoms. The highest BCUT2D eigenvalue weighted by Crippen LogP contribution is 2.51. The molecule has 2 aliphatic carbocycles. The molecule has 0 bridgehead atoms. The van der Waals surface area contributed by atoms with Gasteiger partial charge in [-0.3, -0.25) is 0 Å². The second kappa shape index (κ2) is 4.84. The predicted octanol–water partition coefficient (Wildman–Crippen LogP) is 5.71. The van der Waals surface area contributed by atoms with E-state index in [2.05, 4.69) is 36.4 Å². The summed E-state index contributed by atoms with van der Waals surface area (Å²) in [6.45, 7) is 0. The molecule has 106 valence electrons. The smallest absolute Gasteiger partial charge is 0.123 e. The molecule has 1 spiro atoms. The molecular weight excluding hydrogens is 259 g/mol. The van der Waals surface area contributed by atoms with Crippen LogP contribution >= 0.6 is 0 Å². The van der Waals surface area contributed by atoms with E-state index in [0.29, 0.717) is 11.3 Å². The highest BCUT2D eigenvalue weighted by molar-refractivity contribution is 5.63. The monoisotopic (exact) mass is 278 g/mol. The van der Waals surface area contributed by atoms with E-state index in [1.54, 1.807) is 0 Å². The van der Waals surface area contributed by atoms with Crippen molar-refractivity contribution in [2.75, 3.05) is 0 Å². The average molecular weight is 278 g/mol. The van der Waals surface area contributed by atoms with Crippen LogP contribution < -0.4 is 0 Å². The Hall–Kier alpha value is -1.89. The van der Waals surface area contributed by atoms with Crippen molar-refractivity contribution >= 4 is 0 Å². The summed E-state index contributed by atoms with van der Waals surface area (Å²) < 4.78 is 13.0. The quantitative estimate of drug-likeness (QED) is 0.617. The third-order valence-corrected chi connectivity index (χ3v) is 5.11. The Morgan fingerprint density at radius 3 is 1.81 bits per heavy atom. The molecule has 2 aromatic carbocycles. The first-order chi connectivity index (χ1) is 10.2. The normalized spacial score (nSPS) is 19.9. The topological polar surface area (TPSA) is 0 Å². The zero-order chi connectivity index (χ0) is 14.3. The maximum absolute atomic E-state index is 13.0. The summed E-state index contributed by atoms with van der Waals surface area (Å²) in [5, 5.41) is 0. The average Bonchev–Trinajstić information content (AvgIpc) is 3.28. The van der Waals surface area contributed by atoms with Crippen LogP contribution in [-0.4, -0.2) is 0 Å². The van der Waals surface area contributed by atoms with Crippen molar-refractivity contribution in [3.8, 4) is 11.1 Å². The Kier molecular flexibility index (Phi) is 2.95. The predicted molar refractivity (Wildman–Crippen MR) is 84.6 cm³/mol. The first-order valence-electron chi connectivity index (χ1n) is 7.80. The fraction of sp³-hybridized carbons (Fsp3) is 0.300. The minimum absolute atomic E-state index is 0.180. The first kappa shape index (κ1) is 12.8. The highest BCUT2D eigenvalue weighted by atomic mass is 19.1. The summed E-state index contributed by atoms with van der Waals surface area (Å²) in [6, 6.07) is 15.6. The van der Waals surface area contributed by atoms with Crippen LogP contribution in [0, 0.1) is 11.2 Å².